The molecule has 0 amide bonds. The number of benzene rings is 2. The van der Waals surface area contributed by atoms with Gasteiger partial charge in [-0.05, 0) is 30.8 Å². The maximum absolute atomic E-state index is 5.91. The van der Waals surface area contributed by atoms with Crippen molar-refractivity contribution in [2.24, 2.45) is 0 Å². The van der Waals surface area contributed by atoms with E-state index < -0.39 is 0 Å². The standard InChI is InChI=1S/C17H21NO/c1-13(2)10-11-19-17-9-8-14-6-4-5-7-15(14)16(17)12-18-3/h4-9,18H,1,10-12H2,2-3H3. The van der Waals surface area contributed by atoms with Gasteiger partial charge in [0.25, 0.3) is 0 Å². The molecule has 0 heterocycles. The second kappa shape index (κ2) is 6.39. The molecular weight excluding hydrogens is 234 g/mol. The Labute approximate surface area is 115 Å². The summed E-state index contributed by atoms with van der Waals surface area (Å²) in [6, 6.07) is 12.6. The van der Waals surface area contributed by atoms with Gasteiger partial charge >= 0.3 is 0 Å². The average Bonchev–Trinajstić information content (AvgIpc) is 2.41. The van der Waals surface area contributed by atoms with Gasteiger partial charge in [0.1, 0.15) is 5.75 Å². The molecule has 100 valence electrons. The van der Waals surface area contributed by atoms with Crippen molar-refractivity contribution >= 4 is 10.8 Å². The zero-order valence-electron chi connectivity index (χ0n) is 11.7. The molecule has 0 unspecified atom stereocenters. The van der Waals surface area contributed by atoms with Gasteiger partial charge in [-0.1, -0.05) is 35.9 Å². The molecule has 0 saturated heterocycles. The zero-order valence-corrected chi connectivity index (χ0v) is 11.7. The third kappa shape index (κ3) is 3.36. The summed E-state index contributed by atoms with van der Waals surface area (Å²) in [6.45, 7) is 7.42. The molecule has 2 rings (SSSR count). The van der Waals surface area contributed by atoms with E-state index in [4.69, 9.17) is 4.74 Å². The minimum atomic E-state index is 0.685. The van der Waals surface area contributed by atoms with Crippen LogP contribution in [-0.4, -0.2) is 13.7 Å². The number of rotatable bonds is 6. The molecule has 0 atom stereocenters. The summed E-state index contributed by atoms with van der Waals surface area (Å²) in [6.07, 6.45) is 0.895. The van der Waals surface area contributed by atoms with Crippen LogP contribution in [-0.2, 0) is 6.54 Å². The molecule has 2 aromatic rings. The third-order valence-corrected chi connectivity index (χ3v) is 3.14. The van der Waals surface area contributed by atoms with E-state index in [1.54, 1.807) is 0 Å². The van der Waals surface area contributed by atoms with E-state index in [1.807, 2.05) is 14.0 Å². The van der Waals surface area contributed by atoms with Gasteiger partial charge in [-0.2, -0.15) is 0 Å². The van der Waals surface area contributed by atoms with Gasteiger partial charge in [0.15, 0.2) is 0 Å². The minimum Gasteiger partial charge on any atom is -0.493 e. The summed E-state index contributed by atoms with van der Waals surface area (Å²) in [5, 5.41) is 5.72. The van der Waals surface area contributed by atoms with Crippen LogP contribution in [0.2, 0.25) is 0 Å². The first kappa shape index (κ1) is 13.6. The van der Waals surface area contributed by atoms with Crippen LogP contribution in [0.5, 0.6) is 5.75 Å². The zero-order chi connectivity index (χ0) is 13.7. The third-order valence-electron chi connectivity index (χ3n) is 3.14. The Hall–Kier alpha value is -1.80. The SMILES string of the molecule is C=C(C)CCOc1ccc2ccccc2c1CNC. The van der Waals surface area contributed by atoms with E-state index in [-0.39, 0.29) is 0 Å². The van der Waals surface area contributed by atoms with Crippen LogP contribution in [0, 0.1) is 0 Å². The normalized spacial score (nSPS) is 10.6. The van der Waals surface area contributed by atoms with Crippen molar-refractivity contribution in [3.63, 3.8) is 0 Å². The Morgan fingerprint density at radius 2 is 2.00 bits per heavy atom. The predicted octanol–water partition coefficient (Wildman–Crippen LogP) is 3.90. The molecule has 2 aromatic carbocycles. The van der Waals surface area contributed by atoms with Crippen LogP contribution < -0.4 is 10.1 Å². The summed E-state index contributed by atoms with van der Waals surface area (Å²) in [7, 11) is 1.96. The first-order valence-corrected chi connectivity index (χ1v) is 6.65. The summed E-state index contributed by atoms with van der Waals surface area (Å²) in [5.74, 6) is 0.967. The maximum Gasteiger partial charge on any atom is 0.124 e. The van der Waals surface area contributed by atoms with Crippen molar-refractivity contribution in [3.8, 4) is 5.75 Å². The second-order valence-corrected chi connectivity index (χ2v) is 4.85. The molecule has 0 aliphatic heterocycles. The smallest absolute Gasteiger partial charge is 0.124 e. The molecule has 0 bridgehead atoms. The fourth-order valence-electron chi connectivity index (χ4n) is 2.15. The minimum absolute atomic E-state index is 0.685. The van der Waals surface area contributed by atoms with Crippen molar-refractivity contribution in [2.45, 2.75) is 19.9 Å². The van der Waals surface area contributed by atoms with Gasteiger partial charge in [-0.3, -0.25) is 0 Å². The highest BCUT2D eigenvalue weighted by Crippen LogP contribution is 2.28. The predicted molar refractivity (Wildman–Crippen MR) is 81.6 cm³/mol. The number of hydrogen-bond donors (Lipinski definition) is 1. The highest BCUT2D eigenvalue weighted by molar-refractivity contribution is 5.87. The topological polar surface area (TPSA) is 21.3 Å². The Morgan fingerprint density at radius 3 is 2.74 bits per heavy atom. The number of ether oxygens (including phenoxy) is 1. The Bertz CT molecular complexity index is 574. The van der Waals surface area contributed by atoms with Crippen molar-refractivity contribution in [2.75, 3.05) is 13.7 Å². The molecule has 2 nitrogen and oxygen atoms in total. The van der Waals surface area contributed by atoms with Crippen molar-refractivity contribution in [1.29, 1.82) is 0 Å². The lowest BCUT2D eigenvalue weighted by Gasteiger charge is -2.14. The van der Waals surface area contributed by atoms with Crippen molar-refractivity contribution < 1.29 is 4.74 Å². The fourth-order valence-corrected chi connectivity index (χ4v) is 2.15. The van der Waals surface area contributed by atoms with E-state index >= 15 is 0 Å². The van der Waals surface area contributed by atoms with Crippen molar-refractivity contribution in [1.82, 2.24) is 5.32 Å². The van der Waals surface area contributed by atoms with E-state index in [0.717, 1.165) is 24.3 Å². The van der Waals surface area contributed by atoms with E-state index in [9.17, 15) is 0 Å². The first-order valence-electron chi connectivity index (χ1n) is 6.65. The molecule has 0 saturated carbocycles. The van der Waals surface area contributed by atoms with Gasteiger partial charge in [-0.25, -0.2) is 0 Å². The summed E-state index contributed by atoms with van der Waals surface area (Å²) < 4.78 is 5.91. The van der Waals surface area contributed by atoms with Gasteiger partial charge in [0, 0.05) is 18.5 Å². The lowest BCUT2D eigenvalue weighted by molar-refractivity contribution is 0.318. The molecule has 0 aliphatic carbocycles. The average molecular weight is 255 g/mol. The summed E-state index contributed by atoms with van der Waals surface area (Å²) in [4.78, 5) is 0. The summed E-state index contributed by atoms with van der Waals surface area (Å²) in [5.41, 5.74) is 2.37. The van der Waals surface area contributed by atoms with E-state index in [1.165, 1.54) is 16.3 Å². The molecular formula is C17H21NO. The Balaban J connectivity index is 2.31. The molecule has 19 heavy (non-hydrogen) atoms. The number of hydrogen-bond acceptors (Lipinski definition) is 2. The van der Waals surface area contributed by atoms with Crippen molar-refractivity contribution in [3.05, 3.63) is 54.1 Å². The molecule has 0 aliphatic rings. The highest BCUT2D eigenvalue weighted by Gasteiger charge is 2.07. The van der Waals surface area contributed by atoms with Crippen LogP contribution in [0.25, 0.3) is 10.8 Å². The largest absolute Gasteiger partial charge is 0.493 e. The van der Waals surface area contributed by atoms with Crippen LogP contribution in [0.3, 0.4) is 0 Å². The number of fused-ring (bicyclic) bond motifs is 1. The quantitative estimate of drug-likeness (QED) is 0.790. The van der Waals surface area contributed by atoms with Gasteiger partial charge in [-0.15, -0.1) is 6.58 Å². The molecule has 0 radical (unpaired) electrons. The Morgan fingerprint density at radius 1 is 1.21 bits per heavy atom. The molecule has 0 fully saturated rings. The van der Waals surface area contributed by atoms with Crippen LogP contribution in [0.1, 0.15) is 18.9 Å². The summed E-state index contributed by atoms with van der Waals surface area (Å²) >= 11 is 0. The monoisotopic (exact) mass is 255 g/mol. The number of nitrogens with one attached hydrogen (secondary N) is 1. The lowest BCUT2D eigenvalue weighted by Crippen LogP contribution is -2.09. The highest BCUT2D eigenvalue weighted by atomic mass is 16.5. The molecule has 2 heteroatoms. The maximum atomic E-state index is 5.91. The molecule has 0 aromatic heterocycles. The molecule has 0 spiro atoms. The van der Waals surface area contributed by atoms with Gasteiger partial charge in [0.2, 0.25) is 0 Å². The van der Waals surface area contributed by atoms with E-state index in [0.29, 0.717) is 6.61 Å². The molecule has 1 N–H and O–H groups in total. The Kier molecular flexibility index (Phi) is 4.58. The first-order chi connectivity index (χ1) is 9.22. The van der Waals surface area contributed by atoms with Crippen LogP contribution in [0.15, 0.2) is 48.6 Å². The van der Waals surface area contributed by atoms with Crippen LogP contribution in [0.4, 0.5) is 0 Å². The lowest BCUT2D eigenvalue weighted by atomic mass is 10.0. The fraction of sp³-hybridized carbons (Fsp3) is 0.294. The van der Waals surface area contributed by atoms with Gasteiger partial charge < -0.3 is 10.1 Å². The van der Waals surface area contributed by atoms with Crippen LogP contribution >= 0.6 is 0 Å². The van der Waals surface area contributed by atoms with Gasteiger partial charge in [0.05, 0.1) is 6.61 Å². The second-order valence-electron chi connectivity index (χ2n) is 4.85. The van der Waals surface area contributed by atoms with E-state index in [2.05, 4.69) is 48.3 Å².